The zero-order valence-corrected chi connectivity index (χ0v) is 8.69. The first-order chi connectivity index (χ1) is 7.47. The summed E-state index contributed by atoms with van der Waals surface area (Å²) in [5, 5.41) is 20.0. The fraction of sp³-hybridized carbons (Fsp3) is 0.500. The summed E-state index contributed by atoms with van der Waals surface area (Å²) in [6.07, 6.45) is -1.36. The van der Waals surface area contributed by atoms with Crippen LogP contribution in [-0.2, 0) is 19.1 Å². The van der Waals surface area contributed by atoms with E-state index in [1.54, 1.807) is 6.92 Å². The van der Waals surface area contributed by atoms with Gasteiger partial charge in [-0.15, -0.1) is 0 Å². The summed E-state index contributed by atoms with van der Waals surface area (Å²) in [4.78, 5) is 33.0. The van der Waals surface area contributed by atoms with Crippen LogP contribution in [0.5, 0.6) is 0 Å². The number of carbonyl (C=O) groups is 3. The summed E-state index contributed by atoms with van der Waals surface area (Å²) in [7, 11) is 0. The van der Waals surface area contributed by atoms with Crippen LogP contribution in [0.1, 0.15) is 26.2 Å². The van der Waals surface area contributed by atoms with Gasteiger partial charge in [-0.25, -0.2) is 4.79 Å². The molecule has 6 nitrogen and oxygen atoms in total. The molecule has 0 radical (unpaired) electrons. The molecule has 88 valence electrons. The Kier molecular flexibility index (Phi) is 3.65. The van der Waals surface area contributed by atoms with E-state index >= 15 is 0 Å². The number of ketones is 1. The first-order valence-electron chi connectivity index (χ1n) is 4.84. The van der Waals surface area contributed by atoms with E-state index < -0.39 is 41.6 Å². The minimum atomic E-state index is -1.35. The van der Waals surface area contributed by atoms with Crippen molar-refractivity contribution < 1.29 is 29.3 Å². The fourth-order valence-electron chi connectivity index (χ4n) is 1.40. The van der Waals surface area contributed by atoms with Gasteiger partial charge in [0.25, 0.3) is 0 Å². The molecule has 1 aliphatic heterocycles. The minimum absolute atomic E-state index is 0.0793. The molecular formula is C10H11O6-. The topological polar surface area (TPSA) is 104 Å². The van der Waals surface area contributed by atoms with Gasteiger partial charge >= 0.3 is 11.9 Å². The number of carbonyl (C=O) groups excluding carboxylic acids is 2. The maximum atomic E-state index is 11.5. The third-order valence-electron chi connectivity index (χ3n) is 2.11. The number of hydrogen-bond acceptors (Lipinski definition) is 5. The summed E-state index contributed by atoms with van der Waals surface area (Å²) in [5.74, 6) is -3.65. The summed E-state index contributed by atoms with van der Waals surface area (Å²) in [5.41, 5.74) is -0.520. The lowest BCUT2D eigenvalue weighted by Crippen LogP contribution is -2.23. The van der Waals surface area contributed by atoms with Gasteiger partial charge in [-0.3, -0.25) is 9.59 Å². The Morgan fingerprint density at radius 1 is 1.50 bits per heavy atom. The Hall–Kier alpha value is -1.85. The number of Topliss-reactive ketones (excluding diaryl/α,β-unsaturated/α-hetero) is 1. The van der Waals surface area contributed by atoms with Crippen molar-refractivity contribution in [2.45, 2.75) is 32.3 Å². The molecule has 1 heterocycles. The lowest BCUT2D eigenvalue weighted by molar-refractivity contribution is -0.317. The van der Waals surface area contributed by atoms with E-state index in [1.807, 2.05) is 0 Å². The first kappa shape index (κ1) is 12.2. The van der Waals surface area contributed by atoms with Crippen molar-refractivity contribution in [1.29, 1.82) is 0 Å². The molecule has 0 bridgehead atoms. The predicted molar refractivity (Wildman–Crippen MR) is 49.1 cm³/mol. The third kappa shape index (κ3) is 2.39. The van der Waals surface area contributed by atoms with Gasteiger partial charge in [0, 0.05) is 6.42 Å². The SMILES string of the molecule is CCCC(=O)C1=C([O-])C(CC(=O)O)OC1=O. The average Bonchev–Trinajstić information content (AvgIpc) is 2.41. The van der Waals surface area contributed by atoms with Crippen molar-refractivity contribution in [3.63, 3.8) is 0 Å². The molecule has 0 spiro atoms. The molecule has 0 amide bonds. The molecule has 0 aromatic heterocycles. The van der Waals surface area contributed by atoms with E-state index in [2.05, 4.69) is 4.74 Å². The molecule has 1 unspecified atom stereocenters. The van der Waals surface area contributed by atoms with Gasteiger partial charge in [-0.05, 0) is 6.42 Å². The molecule has 0 saturated heterocycles. The van der Waals surface area contributed by atoms with Crippen molar-refractivity contribution in [1.82, 2.24) is 0 Å². The first-order valence-corrected chi connectivity index (χ1v) is 4.84. The Labute approximate surface area is 91.5 Å². The number of esters is 1. The van der Waals surface area contributed by atoms with E-state index in [9.17, 15) is 19.5 Å². The number of hydrogen-bond donors (Lipinski definition) is 1. The average molecular weight is 227 g/mol. The van der Waals surface area contributed by atoms with Crippen LogP contribution in [0.2, 0.25) is 0 Å². The molecule has 0 aromatic rings. The largest absolute Gasteiger partial charge is 0.872 e. The molecule has 0 fully saturated rings. The number of carboxylic acids is 1. The second kappa shape index (κ2) is 4.78. The number of aliphatic carboxylic acids is 1. The zero-order valence-electron chi connectivity index (χ0n) is 8.69. The molecule has 16 heavy (non-hydrogen) atoms. The minimum Gasteiger partial charge on any atom is -0.872 e. The van der Waals surface area contributed by atoms with Crippen LogP contribution in [0.3, 0.4) is 0 Å². The molecule has 1 aliphatic rings. The van der Waals surface area contributed by atoms with Crippen LogP contribution < -0.4 is 5.11 Å². The summed E-state index contributed by atoms with van der Waals surface area (Å²) in [6, 6.07) is 0. The van der Waals surface area contributed by atoms with Crippen molar-refractivity contribution in [2.24, 2.45) is 0 Å². The van der Waals surface area contributed by atoms with Gasteiger partial charge in [-0.2, -0.15) is 0 Å². The standard InChI is InChI=1S/C10H12O6/c1-2-3-5(11)8-9(14)6(4-7(12)13)16-10(8)15/h6,14H,2-4H2,1H3,(H,12,13)/p-1. The summed E-state index contributed by atoms with van der Waals surface area (Å²) in [6.45, 7) is 1.73. The predicted octanol–water partition coefficient (Wildman–Crippen LogP) is -0.630. The number of rotatable bonds is 5. The van der Waals surface area contributed by atoms with Gasteiger partial charge in [0.2, 0.25) is 0 Å². The van der Waals surface area contributed by atoms with E-state index in [1.165, 1.54) is 0 Å². The third-order valence-corrected chi connectivity index (χ3v) is 2.11. The molecule has 0 saturated carbocycles. The number of cyclic esters (lactones) is 1. The highest BCUT2D eigenvalue weighted by Gasteiger charge is 2.33. The molecule has 1 atom stereocenters. The van der Waals surface area contributed by atoms with Crippen molar-refractivity contribution in [3.05, 3.63) is 11.3 Å². The molecule has 1 rings (SSSR count). The summed E-state index contributed by atoms with van der Waals surface area (Å²) < 4.78 is 4.54. The van der Waals surface area contributed by atoms with Gasteiger partial charge in [0.15, 0.2) is 5.78 Å². The Bertz CT molecular complexity index is 368. The molecule has 1 N–H and O–H groups in total. The molecular weight excluding hydrogens is 216 g/mol. The van der Waals surface area contributed by atoms with Crippen LogP contribution in [-0.4, -0.2) is 28.9 Å². The summed E-state index contributed by atoms with van der Waals surface area (Å²) >= 11 is 0. The number of ether oxygens (including phenoxy) is 1. The smallest absolute Gasteiger partial charge is 0.341 e. The van der Waals surface area contributed by atoms with Crippen LogP contribution in [0.4, 0.5) is 0 Å². The quantitative estimate of drug-likeness (QED) is 0.495. The van der Waals surface area contributed by atoms with Crippen LogP contribution >= 0.6 is 0 Å². The van der Waals surface area contributed by atoms with E-state index in [0.29, 0.717) is 6.42 Å². The maximum absolute atomic E-state index is 11.5. The lowest BCUT2D eigenvalue weighted by atomic mass is 10.1. The Balaban J connectivity index is 2.88. The molecule has 6 heteroatoms. The van der Waals surface area contributed by atoms with Crippen molar-refractivity contribution in [2.75, 3.05) is 0 Å². The second-order valence-electron chi connectivity index (χ2n) is 3.40. The van der Waals surface area contributed by atoms with Crippen LogP contribution in [0, 0.1) is 0 Å². The van der Waals surface area contributed by atoms with Gasteiger partial charge in [-0.1, -0.05) is 12.7 Å². The van der Waals surface area contributed by atoms with Gasteiger partial charge in [0.05, 0.1) is 12.0 Å². The Morgan fingerprint density at radius 3 is 2.62 bits per heavy atom. The number of carboxylic acid groups (broad SMARTS) is 1. The van der Waals surface area contributed by atoms with Crippen molar-refractivity contribution in [3.8, 4) is 0 Å². The fourth-order valence-corrected chi connectivity index (χ4v) is 1.40. The maximum Gasteiger partial charge on any atom is 0.341 e. The lowest BCUT2D eigenvalue weighted by Gasteiger charge is -2.15. The van der Waals surface area contributed by atoms with Gasteiger partial charge in [0.1, 0.15) is 6.10 Å². The highest BCUT2D eigenvalue weighted by atomic mass is 16.6. The monoisotopic (exact) mass is 227 g/mol. The normalized spacial score (nSPS) is 19.8. The van der Waals surface area contributed by atoms with E-state index in [0.717, 1.165) is 0 Å². The van der Waals surface area contributed by atoms with E-state index in [-0.39, 0.29) is 6.42 Å². The second-order valence-corrected chi connectivity index (χ2v) is 3.40. The Morgan fingerprint density at radius 2 is 2.12 bits per heavy atom. The van der Waals surface area contributed by atoms with E-state index in [4.69, 9.17) is 5.11 Å². The van der Waals surface area contributed by atoms with Crippen LogP contribution in [0.15, 0.2) is 11.3 Å². The zero-order chi connectivity index (χ0) is 12.3. The van der Waals surface area contributed by atoms with Gasteiger partial charge < -0.3 is 14.9 Å². The molecule has 0 aromatic carbocycles. The highest BCUT2D eigenvalue weighted by molar-refractivity contribution is 6.19. The van der Waals surface area contributed by atoms with Crippen LogP contribution in [0.25, 0.3) is 0 Å². The molecule has 0 aliphatic carbocycles. The highest BCUT2D eigenvalue weighted by Crippen LogP contribution is 2.22. The van der Waals surface area contributed by atoms with Crippen molar-refractivity contribution >= 4 is 17.7 Å².